The molecular weight excluding hydrogens is 467 g/mol. The number of ether oxygens (including phenoxy) is 1. The molecule has 0 aliphatic rings. The van der Waals surface area contributed by atoms with Gasteiger partial charge < -0.3 is 10.1 Å². The van der Waals surface area contributed by atoms with Crippen molar-refractivity contribution in [3.05, 3.63) is 87.9 Å². The third-order valence-corrected chi connectivity index (χ3v) is 6.34. The van der Waals surface area contributed by atoms with E-state index in [1.54, 1.807) is 42.5 Å². The normalized spacial score (nSPS) is 11.8. The van der Waals surface area contributed by atoms with Crippen LogP contribution in [0.4, 0.5) is 4.39 Å². The van der Waals surface area contributed by atoms with E-state index in [2.05, 4.69) is 5.32 Å². The Morgan fingerprint density at radius 2 is 1.76 bits per heavy atom. The van der Waals surface area contributed by atoms with Crippen LogP contribution in [0.25, 0.3) is 11.6 Å². The smallest absolute Gasteiger partial charge is 0.340 e. The highest BCUT2D eigenvalue weighted by Gasteiger charge is 2.16. The van der Waals surface area contributed by atoms with E-state index in [4.69, 9.17) is 9.88 Å². The van der Waals surface area contributed by atoms with Crippen molar-refractivity contribution >= 4 is 44.9 Å². The number of hydrogen-bond donors (Lipinski definition) is 2. The monoisotopic (exact) mass is 488 g/mol. The molecule has 1 aromatic heterocycles. The van der Waals surface area contributed by atoms with E-state index >= 15 is 0 Å². The minimum absolute atomic E-state index is 0.0115. The lowest BCUT2D eigenvalue weighted by Crippen LogP contribution is -2.30. The SMILES string of the molecule is NS(=O)(=O)c1ccc(CCNC(=O)COC(=O)/C(=C/c2ccc(F)cc2)c2cccs2)cc1. The molecular formula is C23H21FN2O5S2. The van der Waals surface area contributed by atoms with Crippen LogP contribution in [0.2, 0.25) is 0 Å². The molecule has 0 unspecified atom stereocenters. The lowest BCUT2D eigenvalue weighted by Gasteiger charge is -2.09. The second-order valence-corrected chi connectivity index (χ2v) is 9.46. The van der Waals surface area contributed by atoms with Gasteiger partial charge in [0.2, 0.25) is 10.0 Å². The Hall–Kier alpha value is -3.34. The van der Waals surface area contributed by atoms with Gasteiger partial charge in [0.05, 0.1) is 10.5 Å². The Morgan fingerprint density at radius 3 is 2.36 bits per heavy atom. The van der Waals surface area contributed by atoms with Gasteiger partial charge in [-0.2, -0.15) is 0 Å². The molecule has 0 atom stereocenters. The summed E-state index contributed by atoms with van der Waals surface area (Å²) in [5.41, 5.74) is 1.69. The number of rotatable bonds is 9. The van der Waals surface area contributed by atoms with E-state index < -0.39 is 28.5 Å². The highest BCUT2D eigenvalue weighted by atomic mass is 32.2. The fourth-order valence-corrected chi connectivity index (χ4v) is 4.09. The van der Waals surface area contributed by atoms with Gasteiger partial charge in [0.1, 0.15) is 5.82 Å². The van der Waals surface area contributed by atoms with E-state index in [9.17, 15) is 22.4 Å². The standard InChI is InChI=1S/C23H21FN2O5S2/c24-18-7-3-17(4-8-18)14-20(21-2-1-13-32-21)23(28)31-15-22(27)26-12-11-16-5-9-19(10-6-16)33(25,29)30/h1-10,13-14H,11-12,15H2,(H,26,27)(H2,25,29,30)/b20-14+. The number of primary sulfonamides is 1. The van der Waals surface area contributed by atoms with Crippen molar-refractivity contribution < 1.29 is 27.1 Å². The maximum atomic E-state index is 13.2. The topological polar surface area (TPSA) is 116 Å². The van der Waals surface area contributed by atoms with Gasteiger partial charge in [-0.05, 0) is 59.3 Å². The van der Waals surface area contributed by atoms with Gasteiger partial charge in [-0.25, -0.2) is 22.7 Å². The summed E-state index contributed by atoms with van der Waals surface area (Å²) in [5, 5.41) is 9.51. The first-order valence-corrected chi connectivity index (χ1v) is 12.2. The molecule has 1 heterocycles. The predicted octanol–water partition coefficient (Wildman–Crippen LogP) is 2.98. The Balaban J connectivity index is 1.53. The molecule has 0 aliphatic heterocycles. The van der Waals surface area contributed by atoms with Crippen molar-refractivity contribution in [2.24, 2.45) is 5.14 Å². The zero-order valence-corrected chi connectivity index (χ0v) is 19.0. The minimum Gasteiger partial charge on any atom is -0.452 e. The summed E-state index contributed by atoms with van der Waals surface area (Å²) in [5.74, 6) is -1.53. The number of carbonyl (C=O) groups is 2. The van der Waals surface area contributed by atoms with Crippen molar-refractivity contribution in [2.75, 3.05) is 13.2 Å². The molecule has 0 saturated carbocycles. The predicted molar refractivity (Wildman–Crippen MR) is 124 cm³/mol. The molecule has 3 aromatic rings. The van der Waals surface area contributed by atoms with Crippen LogP contribution in [0.1, 0.15) is 16.0 Å². The Morgan fingerprint density at radius 1 is 1.06 bits per heavy atom. The molecule has 1 amide bonds. The number of hydrogen-bond acceptors (Lipinski definition) is 6. The third kappa shape index (κ3) is 7.35. The molecule has 0 fully saturated rings. The number of halogens is 1. The molecule has 172 valence electrons. The minimum atomic E-state index is -3.75. The van der Waals surface area contributed by atoms with E-state index in [1.807, 2.05) is 5.38 Å². The number of amides is 1. The lowest BCUT2D eigenvalue weighted by molar-refractivity contribution is -0.142. The molecule has 33 heavy (non-hydrogen) atoms. The molecule has 0 aliphatic carbocycles. The van der Waals surface area contributed by atoms with Crippen LogP contribution in [0.3, 0.4) is 0 Å². The third-order valence-electron chi connectivity index (χ3n) is 4.51. The van der Waals surface area contributed by atoms with Crippen molar-refractivity contribution in [3.63, 3.8) is 0 Å². The van der Waals surface area contributed by atoms with Gasteiger partial charge in [-0.1, -0.05) is 30.3 Å². The van der Waals surface area contributed by atoms with E-state index in [0.29, 0.717) is 16.9 Å². The van der Waals surface area contributed by atoms with Crippen LogP contribution in [0, 0.1) is 5.82 Å². The molecule has 3 rings (SSSR count). The molecule has 0 bridgehead atoms. The highest BCUT2D eigenvalue weighted by Crippen LogP contribution is 2.24. The van der Waals surface area contributed by atoms with Crippen LogP contribution in [-0.2, 0) is 30.8 Å². The molecule has 2 aromatic carbocycles. The van der Waals surface area contributed by atoms with Crippen molar-refractivity contribution in [1.29, 1.82) is 0 Å². The first kappa shape index (κ1) is 24.3. The van der Waals surface area contributed by atoms with Gasteiger partial charge in [0.15, 0.2) is 6.61 Å². The molecule has 0 spiro atoms. The maximum absolute atomic E-state index is 13.2. The van der Waals surface area contributed by atoms with Gasteiger partial charge in [-0.3, -0.25) is 4.79 Å². The largest absolute Gasteiger partial charge is 0.452 e. The Kier molecular flexibility index (Phi) is 8.10. The van der Waals surface area contributed by atoms with Crippen LogP contribution in [0.5, 0.6) is 0 Å². The fourth-order valence-electron chi connectivity index (χ4n) is 2.84. The second-order valence-electron chi connectivity index (χ2n) is 6.95. The first-order valence-electron chi connectivity index (χ1n) is 9.79. The number of carbonyl (C=O) groups excluding carboxylic acids is 2. The summed E-state index contributed by atoms with van der Waals surface area (Å²) >= 11 is 1.34. The average molecular weight is 489 g/mol. The second kappa shape index (κ2) is 11.0. The van der Waals surface area contributed by atoms with Gasteiger partial charge >= 0.3 is 5.97 Å². The van der Waals surface area contributed by atoms with Crippen molar-refractivity contribution in [3.8, 4) is 0 Å². The Labute approximate surface area is 194 Å². The number of thiophene rings is 1. The highest BCUT2D eigenvalue weighted by molar-refractivity contribution is 7.89. The first-order chi connectivity index (χ1) is 15.7. The van der Waals surface area contributed by atoms with E-state index in [-0.39, 0.29) is 22.8 Å². The summed E-state index contributed by atoms with van der Waals surface area (Å²) in [7, 11) is -3.75. The summed E-state index contributed by atoms with van der Waals surface area (Å²) in [6.07, 6.45) is 2.03. The lowest BCUT2D eigenvalue weighted by atomic mass is 10.1. The number of nitrogens with two attached hydrogens (primary N) is 1. The summed E-state index contributed by atoms with van der Waals surface area (Å²) < 4.78 is 40.9. The molecule has 7 nitrogen and oxygen atoms in total. The maximum Gasteiger partial charge on any atom is 0.340 e. The van der Waals surface area contributed by atoms with Gasteiger partial charge in [-0.15, -0.1) is 11.3 Å². The molecule has 0 saturated heterocycles. The number of benzene rings is 2. The zero-order valence-electron chi connectivity index (χ0n) is 17.4. The number of sulfonamides is 1. The van der Waals surface area contributed by atoms with Crippen molar-refractivity contribution in [1.82, 2.24) is 5.32 Å². The van der Waals surface area contributed by atoms with Gasteiger partial charge in [0.25, 0.3) is 5.91 Å². The van der Waals surface area contributed by atoms with Crippen LogP contribution < -0.4 is 10.5 Å². The van der Waals surface area contributed by atoms with Crippen LogP contribution >= 0.6 is 11.3 Å². The van der Waals surface area contributed by atoms with Crippen molar-refractivity contribution in [2.45, 2.75) is 11.3 Å². The molecule has 10 heteroatoms. The molecule has 3 N–H and O–H groups in total. The zero-order chi connectivity index (χ0) is 23.8. The van der Waals surface area contributed by atoms with E-state index in [0.717, 1.165) is 5.56 Å². The van der Waals surface area contributed by atoms with Crippen LogP contribution in [0.15, 0.2) is 70.9 Å². The number of esters is 1. The van der Waals surface area contributed by atoms with Gasteiger partial charge in [0, 0.05) is 11.4 Å². The molecule has 0 radical (unpaired) electrons. The summed E-state index contributed by atoms with van der Waals surface area (Å²) in [4.78, 5) is 25.4. The summed E-state index contributed by atoms with van der Waals surface area (Å²) in [6.45, 7) is -0.191. The van der Waals surface area contributed by atoms with Crippen LogP contribution in [-0.4, -0.2) is 33.4 Å². The fraction of sp³-hybridized carbons (Fsp3) is 0.130. The van der Waals surface area contributed by atoms with E-state index in [1.165, 1.54) is 35.6 Å². The average Bonchev–Trinajstić information content (AvgIpc) is 3.31. The Bertz CT molecular complexity index is 1240. The quantitative estimate of drug-likeness (QED) is 0.355. The number of nitrogens with one attached hydrogen (secondary N) is 1. The summed E-state index contributed by atoms with van der Waals surface area (Å²) in [6, 6.07) is 15.2.